The van der Waals surface area contributed by atoms with Crippen molar-refractivity contribution in [1.29, 1.82) is 0 Å². The molecule has 0 aliphatic heterocycles. The molecule has 0 bridgehead atoms. The summed E-state index contributed by atoms with van der Waals surface area (Å²) in [5, 5.41) is 13.2. The molecule has 2 aromatic carbocycles. The summed E-state index contributed by atoms with van der Waals surface area (Å²) >= 11 is 5.66. The monoisotopic (exact) mass is 415 g/mol. The van der Waals surface area contributed by atoms with Crippen molar-refractivity contribution in [3.05, 3.63) is 63.4 Å². The molecule has 0 radical (unpaired) electrons. The Morgan fingerprint density at radius 2 is 1.96 bits per heavy atom. The highest BCUT2D eigenvalue weighted by Gasteiger charge is 2.30. The Morgan fingerprint density at radius 1 is 1.30 bits per heavy atom. The molecule has 0 aromatic heterocycles. The van der Waals surface area contributed by atoms with Crippen LogP contribution < -0.4 is 9.62 Å². The average Bonchev–Trinajstić information content (AvgIpc) is 2.57. The van der Waals surface area contributed by atoms with Gasteiger partial charge >= 0.3 is 0 Å². The molecule has 144 valence electrons. The molecule has 1 amide bonds. The van der Waals surface area contributed by atoms with E-state index in [-0.39, 0.29) is 22.1 Å². The summed E-state index contributed by atoms with van der Waals surface area (Å²) in [6.45, 7) is 1.32. The second-order valence-corrected chi connectivity index (χ2v) is 7.90. The van der Waals surface area contributed by atoms with Crippen molar-refractivity contribution in [2.75, 3.05) is 15.9 Å². The molecular weight excluding hydrogens is 401 g/mol. The van der Waals surface area contributed by atoms with Crippen LogP contribution in [0.4, 0.5) is 21.5 Å². The molecule has 0 aliphatic rings. The number of halogens is 2. The molecule has 1 atom stereocenters. The van der Waals surface area contributed by atoms with Crippen molar-refractivity contribution < 1.29 is 22.5 Å². The fourth-order valence-corrected chi connectivity index (χ4v) is 3.72. The largest absolute Gasteiger partial charge is 0.324 e. The molecular formula is C16H15ClFN3O5S. The zero-order valence-corrected chi connectivity index (χ0v) is 15.8. The first-order valence-corrected chi connectivity index (χ1v) is 9.73. The van der Waals surface area contributed by atoms with Crippen molar-refractivity contribution in [3.63, 3.8) is 0 Å². The number of amides is 1. The number of carbonyl (C=O) groups excluding carboxylic acids is 1. The summed E-state index contributed by atoms with van der Waals surface area (Å²) in [7, 11) is -3.95. The molecule has 11 heteroatoms. The van der Waals surface area contributed by atoms with E-state index in [1.165, 1.54) is 37.3 Å². The normalized spacial score (nSPS) is 12.3. The van der Waals surface area contributed by atoms with Gasteiger partial charge in [0.1, 0.15) is 11.9 Å². The molecule has 0 heterocycles. The fraction of sp³-hybridized carbons (Fsp3) is 0.188. The lowest BCUT2D eigenvalue weighted by Gasteiger charge is -2.28. The second kappa shape index (κ2) is 7.89. The Labute approximate surface area is 159 Å². The number of nitro groups is 1. The molecule has 0 saturated carbocycles. The number of sulfonamides is 1. The van der Waals surface area contributed by atoms with Crippen LogP contribution in [0.1, 0.15) is 6.92 Å². The van der Waals surface area contributed by atoms with Crippen molar-refractivity contribution in [2.45, 2.75) is 13.0 Å². The first-order chi connectivity index (χ1) is 12.5. The van der Waals surface area contributed by atoms with E-state index in [1.54, 1.807) is 0 Å². The lowest BCUT2D eigenvalue weighted by atomic mass is 10.2. The molecule has 0 saturated heterocycles. The highest BCUT2D eigenvalue weighted by atomic mass is 35.5. The van der Waals surface area contributed by atoms with Gasteiger partial charge in [0.15, 0.2) is 0 Å². The summed E-state index contributed by atoms with van der Waals surface area (Å²) < 4.78 is 38.4. The van der Waals surface area contributed by atoms with E-state index in [2.05, 4.69) is 5.32 Å². The highest BCUT2D eigenvalue weighted by molar-refractivity contribution is 7.92. The van der Waals surface area contributed by atoms with Crippen LogP contribution in [0.25, 0.3) is 0 Å². The number of nitrogens with zero attached hydrogens (tertiary/aromatic N) is 2. The fourth-order valence-electron chi connectivity index (χ4n) is 2.37. The van der Waals surface area contributed by atoms with E-state index in [0.717, 1.165) is 22.7 Å². The van der Waals surface area contributed by atoms with E-state index in [0.29, 0.717) is 0 Å². The van der Waals surface area contributed by atoms with Crippen LogP contribution in [0.5, 0.6) is 0 Å². The molecule has 8 nitrogen and oxygen atoms in total. The molecule has 2 rings (SSSR count). The van der Waals surface area contributed by atoms with Crippen LogP contribution in [0, 0.1) is 15.9 Å². The predicted octanol–water partition coefficient (Wildman–Crippen LogP) is 3.18. The lowest BCUT2D eigenvalue weighted by Crippen LogP contribution is -2.45. The Bertz CT molecular complexity index is 999. The Kier molecular flexibility index (Phi) is 6.01. The quantitative estimate of drug-likeness (QED) is 0.575. The number of nitrogens with one attached hydrogen (secondary N) is 1. The van der Waals surface area contributed by atoms with Gasteiger partial charge in [-0.15, -0.1) is 0 Å². The number of rotatable bonds is 6. The van der Waals surface area contributed by atoms with Gasteiger partial charge in [-0.25, -0.2) is 12.8 Å². The van der Waals surface area contributed by atoms with Crippen LogP contribution in [-0.4, -0.2) is 31.5 Å². The molecule has 0 unspecified atom stereocenters. The summed E-state index contributed by atoms with van der Waals surface area (Å²) in [6.07, 6.45) is 0.879. The predicted molar refractivity (Wildman–Crippen MR) is 99.9 cm³/mol. The van der Waals surface area contributed by atoms with Crippen LogP contribution in [-0.2, 0) is 14.8 Å². The molecule has 0 fully saturated rings. The molecule has 0 aliphatic carbocycles. The van der Waals surface area contributed by atoms with Gasteiger partial charge in [0.2, 0.25) is 15.9 Å². The number of anilines is 2. The van der Waals surface area contributed by atoms with E-state index in [9.17, 15) is 27.7 Å². The summed E-state index contributed by atoms with van der Waals surface area (Å²) in [6, 6.07) is 7.17. The lowest BCUT2D eigenvalue weighted by molar-refractivity contribution is -0.384. The van der Waals surface area contributed by atoms with Crippen molar-refractivity contribution >= 4 is 44.6 Å². The molecule has 27 heavy (non-hydrogen) atoms. The van der Waals surface area contributed by atoms with Gasteiger partial charge in [-0.05, 0) is 31.2 Å². The van der Waals surface area contributed by atoms with Gasteiger partial charge < -0.3 is 5.32 Å². The Morgan fingerprint density at radius 3 is 2.52 bits per heavy atom. The highest BCUT2D eigenvalue weighted by Crippen LogP contribution is 2.26. The molecule has 2 aromatic rings. The third-order valence-electron chi connectivity index (χ3n) is 3.57. The Hall–Kier alpha value is -2.72. The third-order valence-corrected chi connectivity index (χ3v) is 5.10. The topological polar surface area (TPSA) is 110 Å². The van der Waals surface area contributed by atoms with E-state index in [1.807, 2.05) is 0 Å². The number of nitro benzene ring substituents is 1. The first-order valence-electron chi connectivity index (χ1n) is 7.50. The molecule has 1 N–H and O–H groups in total. The van der Waals surface area contributed by atoms with Crippen LogP contribution in [0.2, 0.25) is 5.02 Å². The minimum Gasteiger partial charge on any atom is -0.324 e. The smallest absolute Gasteiger partial charge is 0.271 e. The maximum absolute atomic E-state index is 13.2. The van der Waals surface area contributed by atoms with Crippen molar-refractivity contribution in [3.8, 4) is 0 Å². The Balaban J connectivity index is 2.36. The van der Waals surface area contributed by atoms with Crippen LogP contribution in [0.3, 0.4) is 0 Å². The summed E-state index contributed by atoms with van der Waals surface area (Å²) in [5.41, 5.74) is -0.184. The average molecular weight is 416 g/mol. The maximum Gasteiger partial charge on any atom is 0.271 e. The van der Waals surface area contributed by atoms with E-state index >= 15 is 0 Å². The minimum atomic E-state index is -3.95. The third kappa shape index (κ3) is 4.92. The number of benzene rings is 2. The standard InChI is InChI=1S/C16H15ClFN3O5S/c1-10(16(22)19-11-6-7-15(18)14(17)8-11)20(27(2,25)26)12-4-3-5-13(9-12)21(23)24/h3-10H,1-2H3,(H,19,22)/t10-/m0/s1. The van der Waals surface area contributed by atoms with E-state index < -0.39 is 32.7 Å². The minimum absolute atomic E-state index is 0.0357. The zero-order valence-electron chi connectivity index (χ0n) is 14.2. The number of non-ortho nitro benzene ring substituents is 1. The van der Waals surface area contributed by atoms with Gasteiger partial charge in [-0.3, -0.25) is 19.2 Å². The van der Waals surface area contributed by atoms with E-state index in [4.69, 9.17) is 11.6 Å². The number of carbonyl (C=O) groups is 1. The van der Waals surface area contributed by atoms with Crippen LogP contribution >= 0.6 is 11.6 Å². The van der Waals surface area contributed by atoms with Gasteiger partial charge in [0, 0.05) is 17.8 Å². The summed E-state index contributed by atoms with van der Waals surface area (Å²) in [5.74, 6) is -1.40. The van der Waals surface area contributed by atoms with Gasteiger partial charge in [0.25, 0.3) is 5.69 Å². The second-order valence-electron chi connectivity index (χ2n) is 5.63. The van der Waals surface area contributed by atoms with Gasteiger partial charge in [0.05, 0.1) is 21.9 Å². The van der Waals surface area contributed by atoms with Crippen molar-refractivity contribution in [2.24, 2.45) is 0 Å². The zero-order chi connectivity index (χ0) is 20.4. The SMILES string of the molecule is C[C@@H](C(=O)Nc1ccc(F)c(Cl)c1)N(c1cccc([N+](=O)[O-])c1)S(C)(=O)=O. The summed E-state index contributed by atoms with van der Waals surface area (Å²) in [4.78, 5) is 22.8. The van der Waals surface area contributed by atoms with Gasteiger partial charge in [-0.1, -0.05) is 17.7 Å². The van der Waals surface area contributed by atoms with Crippen LogP contribution in [0.15, 0.2) is 42.5 Å². The number of hydrogen-bond acceptors (Lipinski definition) is 5. The number of hydrogen-bond donors (Lipinski definition) is 1. The van der Waals surface area contributed by atoms with Crippen molar-refractivity contribution in [1.82, 2.24) is 0 Å². The molecule has 0 spiro atoms. The van der Waals surface area contributed by atoms with Gasteiger partial charge in [-0.2, -0.15) is 0 Å². The first kappa shape index (κ1) is 20.6. The maximum atomic E-state index is 13.2.